The highest BCUT2D eigenvalue weighted by molar-refractivity contribution is 5.55. The summed E-state index contributed by atoms with van der Waals surface area (Å²) in [5.41, 5.74) is 4.06. The Morgan fingerprint density at radius 1 is 1.00 bits per heavy atom. The van der Waals surface area contributed by atoms with Crippen LogP contribution in [-0.2, 0) is 0 Å². The van der Waals surface area contributed by atoms with E-state index in [0.29, 0.717) is 5.92 Å². The van der Waals surface area contributed by atoms with Gasteiger partial charge >= 0.3 is 0 Å². The lowest BCUT2D eigenvalue weighted by molar-refractivity contribution is 0.151. The lowest BCUT2D eigenvalue weighted by Crippen LogP contribution is -2.48. The van der Waals surface area contributed by atoms with Crippen molar-refractivity contribution in [2.45, 2.75) is 60.0 Å². The summed E-state index contributed by atoms with van der Waals surface area (Å²) in [4.78, 5) is 5.10. The fourth-order valence-electron chi connectivity index (χ4n) is 3.99. The van der Waals surface area contributed by atoms with Crippen LogP contribution in [0.5, 0.6) is 0 Å². The topological polar surface area (TPSA) is 50.1 Å². The van der Waals surface area contributed by atoms with Crippen LogP contribution >= 0.6 is 0 Å². The van der Waals surface area contributed by atoms with Crippen molar-refractivity contribution >= 4 is 5.69 Å². The Bertz CT molecular complexity index is 743. The van der Waals surface area contributed by atoms with E-state index in [1.165, 1.54) is 16.8 Å². The maximum Gasteiger partial charge on any atom is 0.168 e. The molecule has 0 bridgehead atoms. The zero-order valence-electron chi connectivity index (χ0n) is 17.7. The minimum Gasteiger partial charge on any atom is -0.369 e. The number of rotatable bonds is 6. The standard InChI is InChI=1S/C21H34N6/c1-15(2)13-20(21-22-23-24-27(21)16(3)4)26-11-9-25(10-12-26)19-14-17(5)7-8-18(19)6/h7-8,14-16,20H,9-13H2,1-6H3/t20-/m0/s1. The molecule has 0 amide bonds. The number of piperazine rings is 1. The van der Waals surface area contributed by atoms with Gasteiger partial charge in [0.05, 0.1) is 12.1 Å². The third kappa shape index (κ3) is 4.49. The lowest BCUT2D eigenvalue weighted by Gasteiger charge is -2.41. The van der Waals surface area contributed by atoms with Gasteiger partial charge < -0.3 is 4.90 Å². The van der Waals surface area contributed by atoms with Gasteiger partial charge in [-0.05, 0) is 67.7 Å². The van der Waals surface area contributed by atoms with E-state index >= 15 is 0 Å². The summed E-state index contributed by atoms with van der Waals surface area (Å²) >= 11 is 0. The Balaban J connectivity index is 1.76. The van der Waals surface area contributed by atoms with Crippen molar-refractivity contribution in [1.82, 2.24) is 25.1 Å². The molecular formula is C21H34N6. The Labute approximate surface area is 163 Å². The van der Waals surface area contributed by atoms with Crippen molar-refractivity contribution in [3.63, 3.8) is 0 Å². The molecule has 1 aliphatic heterocycles. The van der Waals surface area contributed by atoms with Gasteiger partial charge in [-0.1, -0.05) is 26.0 Å². The van der Waals surface area contributed by atoms with Crippen molar-refractivity contribution in [3.8, 4) is 0 Å². The molecule has 0 radical (unpaired) electrons. The summed E-state index contributed by atoms with van der Waals surface area (Å²) in [6.07, 6.45) is 1.08. The van der Waals surface area contributed by atoms with E-state index < -0.39 is 0 Å². The van der Waals surface area contributed by atoms with E-state index in [1.54, 1.807) is 0 Å². The first kappa shape index (κ1) is 19.8. The van der Waals surface area contributed by atoms with Crippen LogP contribution in [0, 0.1) is 19.8 Å². The summed E-state index contributed by atoms with van der Waals surface area (Å²) in [6, 6.07) is 7.30. The Kier molecular flexibility index (Phi) is 6.15. The van der Waals surface area contributed by atoms with Gasteiger partial charge in [0.2, 0.25) is 0 Å². The van der Waals surface area contributed by atoms with Crippen LogP contribution in [0.4, 0.5) is 5.69 Å². The molecular weight excluding hydrogens is 336 g/mol. The van der Waals surface area contributed by atoms with Gasteiger partial charge in [-0.15, -0.1) is 5.10 Å². The van der Waals surface area contributed by atoms with E-state index in [-0.39, 0.29) is 12.1 Å². The largest absolute Gasteiger partial charge is 0.369 e. The van der Waals surface area contributed by atoms with Gasteiger partial charge in [0.1, 0.15) is 0 Å². The van der Waals surface area contributed by atoms with Crippen LogP contribution in [0.15, 0.2) is 18.2 Å². The molecule has 1 aromatic heterocycles. The number of benzene rings is 1. The first-order valence-corrected chi connectivity index (χ1v) is 10.2. The molecule has 6 nitrogen and oxygen atoms in total. The SMILES string of the molecule is Cc1ccc(C)c(N2CCN([C@@H](CC(C)C)c3nnnn3C(C)C)CC2)c1. The van der Waals surface area contributed by atoms with E-state index in [4.69, 9.17) is 0 Å². The van der Waals surface area contributed by atoms with Gasteiger partial charge in [0.25, 0.3) is 0 Å². The van der Waals surface area contributed by atoms with Crippen LogP contribution in [0.25, 0.3) is 0 Å². The number of aromatic nitrogens is 4. The quantitative estimate of drug-likeness (QED) is 0.774. The zero-order valence-corrected chi connectivity index (χ0v) is 17.7. The molecule has 6 heteroatoms. The second kappa shape index (κ2) is 8.38. The Hall–Kier alpha value is -1.95. The van der Waals surface area contributed by atoms with Gasteiger partial charge in [-0.3, -0.25) is 4.90 Å². The Morgan fingerprint density at radius 2 is 1.70 bits per heavy atom. The molecule has 1 aromatic carbocycles. The lowest BCUT2D eigenvalue weighted by atomic mass is 10.0. The van der Waals surface area contributed by atoms with Crippen LogP contribution in [0.1, 0.15) is 63.2 Å². The average molecular weight is 371 g/mol. The van der Waals surface area contributed by atoms with Crippen LogP contribution < -0.4 is 4.90 Å². The number of tetrazole rings is 1. The number of hydrogen-bond acceptors (Lipinski definition) is 5. The summed E-state index contributed by atoms with van der Waals surface area (Å²) in [6.45, 7) is 17.4. The first-order chi connectivity index (χ1) is 12.9. The molecule has 1 saturated heterocycles. The van der Waals surface area contributed by atoms with Gasteiger partial charge in [0.15, 0.2) is 5.82 Å². The molecule has 2 aromatic rings. The molecule has 1 atom stereocenters. The van der Waals surface area contributed by atoms with Crippen LogP contribution in [-0.4, -0.2) is 51.3 Å². The summed E-state index contributed by atoms with van der Waals surface area (Å²) in [5.74, 6) is 1.61. The smallest absolute Gasteiger partial charge is 0.168 e. The maximum absolute atomic E-state index is 4.42. The molecule has 3 rings (SSSR count). The van der Waals surface area contributed by atoms with Gasteiger partial charge in [-0.25, -0.2) is 4.68 Å². The molecule has 0 spiro atoms. The molecule has 148 valence electrons. The molecule has 0 N–H and O–H groups in total. The van der Waals surface area contributed by atoms with Crippen molar-refractivity contribution in [2.24, 2.45) is 5.92 Å². The molecule has 0 unspecified atom stereocenters. The Morgan fingerprint density at radius 3 is 2.33 bits per heavy atom. The highest BCUT2D eigenvalue weighted by Gasteiger charge is 2.30. The zero-order chi connectivity index (χ0) is 19.6. The molecule has 1 aliphatic rings. The molecule has 2 heterocycles. The minimum atomic E-state index is 0.279. The third-order valence-electron chi connectivity index (χ3n) is 5.46. The highest BCUT2D eigenvalue weighted by Crippen LogP contribution is 2.30. The van der Waals surface area contributed by atoms with Crippen LogP contribution in [0.3, 0.4) is 0 Å². The summed E-state index contributed by atoms with van der Waals surface area (Å²) in [5, 5.41) is 12.6. The second-order valence-corrected chi connectivity index (χ2v) is 8.53. The van der Waals surface area contributed by atoms with E-state index in [9.17, 15) is 0 Å². The van der Waals surface area contributed by atoms with E-state index in [2.05, 4.69) is 85.1 Å². The number of aryl methyl sites for hydroxylation is 2. The molecule has 0 aliphatic carbocycles. The molecule has 1 fully saturated rings. The van der Waals surface area contributed by atoms with Gasteiger partial charge in [-0.2, -0.15) is 0 Å². The third-order valence-corrected chi connectivity index (χ3v) is 5.46. The maximum atomic E-state index is 4.42. The van der Waals surface area contributed by atoms with Crippen molar-refractivity contribution in [3.05, 3.63) is 35.2 Å². The first-order valence-electron chi connectivity index (χ1n) is 10.2. The summed E-state index contributed by atoms with van der Waals surface area (Å²) < 4.78 is 1.99. The van der Waals surface area contributed by atoms with E-state index in [0.717, 1.165) is 38.4 Å². The normalized spacial score (nSPS) is 17.1. The fourth-order valence-corrected chi connectivity index (χ4v) is 3.99. The fraction of sp³-hybridized carbons (Fsp3) is 0.667. The van der Waals surface area contributed by atoms with Crippen molar-refractivity contribution in [2.75, 3.05) is 31.1 Å². The predicted octanol–water partition coefficient (Wildman–Crippen LogP) is 3.78. The second-order valence-electron chi connectivity index (χ2n) is 8.53. The number of nitrogens with zero attached hydrogens (tertiary/aromatic N) is 6. The average Bonchev–Trinajstić information content (AvgIpc) is 3.11. The summed E-state index contributed by atoms with van der Waals surface area (Å²) in [7, 11) is 0. The van der Waals surface area contributed by atoms with E-state index in [1.807, 2.05) is 4.68 Å². The monoisotopic (exact) mass is 370 g/mol. The minimum absolute atomic E-state index is 0.279. The molecule has 27 heavy (non-hydrogen) atoms. The van der Waals surface area contributed by atoms with Crippen molar-refractivity contribution < 1.29 is 0 Å². The number of hydrogen-bond donors (Lipinski definition) is 0. The predicted molar refractivity (Wildman–Crippen MR) is 110 cm³/mol. The van der Waals surface area contributed by atoms with Crippen molar-refractivity contribution in [1.29, 1.82) is 0 Å². The van der Waals surface area contributed by atoms with Gasteiger partial charge in [0, 0.05) is 31.9 Å². The highest BCUT2D eigenvalue weighted by atomic mass is 15.6. The number of anilines is 1. The van der Waals surface area contributed by atoms with Crippen LogP contribution in [0.2, 0.25) is 0 Å². The molecule has 0 saturated carbocycles.